The van der Waals surface area contributed by atoms with Crippen LogP contribution in [-0.4, -0.2) is 14.4 Å². The summed E-state index contributed by atoms with van der Waals surface area (Å²) in [5.41, 5.74) is 2.34. The second kappa shape index (κ2) is 4.01. The van der Waals surface area contributed by atoms with Crippen molar-refractivity contribution in [3.63, 3.8) is 0 Å². The van der Waals surface area contributed by atoms with Crippen LogP contribution in [0.15, 0.2) is 18.6 Å². The largest absolute Gasteiger partial charge is 0.300 e. The van der Waals surface area contributed by atoms with Crippen LogP contribution in [0.1, 0.15) is 44.6 Å². The first-order chi connectivity index (χ1) is 7.27. The van der Waals surface area contributed by atoms with Crippen LogP contribution in [0, 0.1) is 0 Å². The van der Waals surface area contributed by atoms with E-state index in [1.165, 1.54) is 5.69 Å². The van der Waals surface area contributed by atoms with Gasteiger partial charge in [-0.3, -0.25) is 4.98 Å². The molecule has 0 aromatic carbocycles. The van der Waals surface area contributed by atoms with Crippen molar-refractivity contribution in [2.75, 3.05) is 0 Å². The second-order valence-corrected chi connectivity index (χ2v) is 3.91. The Kier molecular flexibility index (Phi) is 2.71. The maximum Gasteiger partial charge on any atom is 0.113 e. The Bertz CT molecular complexity index is 459. The zero-order chi connectivity index (χ0) is 10.8. The van der Waals surface area contributed by atoms with Crippen molar-refractivity contribution in [3.05, 3.63) is 30.1 Å². The van der Waals surface area contributed by atoms with Gasteiger partial charge in [-0.1, -0.05) is 20.8 Å². The summed E-state index contributed by atoms with van der Waals surface area (Å²) in [7, 11) is 0. The van der Waals surface area contributed by atoms with E-state index in [1.807, 2.05) is 18.6 Å². The highest BCUT2D eigenvalue weighted by Gasteiger charge is 2.13. The van der Waals surface area contributed by atoms with Crippen molar-refractivity contribution in [2.24, 2.45) is 0 Å². The highest BCUT2D eigenvalue weighted by molar-refractivity contribution is 5.52. The quantitative estimate of drug-likeness (QED) is 0.767. The number of imidazole rings is 1. The summed E-state index contributed by atoms with van der Waals surface area (Å²) >= 11 is 0. The van der Waals surface area contributed by atoms with E-state index in [1.54, 1.807) is 0 Å². The standard InChI is InChI=1S/C12H17N3/c1-4-9(3)12-10-8-13-6-7-15(10)11(5-2)14-12/h6-9H,4-5H2,1-3H3. The first-order valence-corrected chi connectivity index (χ1v) is 5.58. The fraction of sp³-hybridized carbons (Fsp3) is 0.500. The minimum Gasteiger partial charge on any atom is -0.300 e. The van der Waals surface area contributed by atoms with Gasteiger partial charge in [0.2, 0.25) is 0 Å². The van der Waals surface area contributed by atoms with Gasteiger partial charge in [0.05, 0.1) is 17.4 Å². The number of aryl methyl sites for hydroxylation is 1. The molecular weight excluding hydrogens is 186 g/mol. The van der Waals surface area contributed by atoms with Gasteiger partial charge in [0.1, 0.15) is 5.82 Å². The Labute approximate surface area is 90.2 Å². The van der Waals surface area contributed by atoms with Gasteiger partial charge in [-0.25, -0.2) is 4.98 Å². The summed E-state index contributed by atoms with van der Waals surface area (Å²) in [4.78, 5) is 8.88. The highest BCUT2D eigenvalue weighted by Crippen LogP contribution is 2.23. The molecule has 0 amide bonds. The van der Waals surface area contributed by atoms with Crippen LogP contribution < -0.4 is 0 Å². The lowest BCUT2D eigenvalue weighted by Gasteiger charge is -2.04. The molecule has 0 radical (unpaired) electrons. The molecule has 1 unspecified atom stereocenters. The summed E-state index contributed by atoms with van der Waals surface area (Å²) in [6.45, 7) is 6.54. The third kappa shape index (κ3) is 1.62. The van der Waals surface area contributed by atoms with Crippen LogP contribution in [-0.2, 0) is 6.42 Å². The molecule has 3 heteroatoms. The molecule has 15 heavy (non-hydrogen) atoms. The van der Waals surface area contributed by atoms with Crippen LogP contribution in [0.4, 0.5) is 0 Å². The number of hydrogen-bond acceptors (Lipinski definition) is 2. The molecule has 1 atom stereocenters. The first kappa shape index (κ1) is 10.1. The van der Waals surface area contributed by atoms with Crippen molar-refractivity contribution >= 4 is 5.52 Å². The molecule has 0 aliphatic rings. The van der Waals surface area contributed by atoms with E-state index >= 15 is 0 Å². The molecule has 2 aromatic rings. The molecule has 0 bridgehead atoms. The molecule has 0 saturated carbocycles. The Hall–Kier alpha value is -1.38. The van der Waals surface area contributed by atoms with Gasteiger partial charge in [0, 0.05) is 24.7 Å². The molecule has 0 spiro atoms. The van der Waals surface area contributed by atoms with Gasteiger partial charge >= 0.3 is 0 Å². The number of fused-ring (bicyclic) bond motifs is 1. The monoisotopic (exact) mass is 203 g/mol. The van der Waals surface area contributed by atoms with Crippen LogP contribution in [0.3, 0.4) is 0 Å². The van der Waals surface area contributed by atoms with E-state index in [9.17, 15) is 0 Å². The molecule has 0 saturated heterocycles. The summed E-state index contributed by atoms with van der Waals surface area (Å²) in [6.07, 6.45) is 7.79. The van der Waals surface area contributed by atoms with Crippen LogP contribution >= 0.6 is 0 Å². The molecule has 2 heterocycles. The van der Waals surface area contributed by atoms with E-state index in [-0.39, 0.29) is 0 Å². The first-order valence-electron chi connectivity index (χ1n) is 5.58. The fourth-order valence-corrected chi connectivity index (χ4v) is 1.83. The second-order valence-electron chi connectivity index (χ2n) is 3.91. The van der Waals surface area contributed by atoms with Crippen molar-refractivity contribution in [2.45, 2.75) is 39.5 Å². The van der Waals surface area contributed by atoms with E-state index < -0.39 is 0 Å². The summed E-state index contributed by atoms with van der Waals surface area (Å²) in [5.74, 6) is 1.63. The molecule has 0 aliphatic carbocycles. The van der Waals surface area contributed by atoms with Crippen LogP contribution in [0.2, 0.25) is 0 Å². The van der Waals surface area contributed by atoms with Crippen molar-refractivity contribution in [1.29, 1.82) is 0 Å². The van der Waals surface area contributed by atoms with E-state index in [0.717, 1.165) is 24.2 Å². The smallest absolute Gasteiger partial charge is 0.113 e. The van der Waals surface area contributed by atoms with Crippen molar-refractivity contribution in [3.8, 4) is 0 Å². The summed E-state index contributed by atoms with van der Waals surface area (Å²) in [5, 5.41) is 0. The van der Waals surface area contributed by atoms with Gasteiger partial charge in [0.15, 0.2) is 0 Å². The van der Waals surface area contributed by atoms with Crippen molar-refractivity contribution in [1.82, 2.24) is 14.4 Å². The normalized spacial score (nSPS) is 13.3. The van der Waals surface area contributed by atoms with Gasteiger partial charge in [0.25, 0.3) is 0 Å². The molecule has 2 rings (SSSR count). The maximum atomic E-state index is 4.70. The van der Waals surface area contributed by atoms with Gasteiger partial charge < -0.3 is 4.40 Å². The lowest BCUT2D eigenvalue weighted by Crippen LogP contribution is -1.93. The predicted octanol–water partition coefficient (Wildman–Crippen LogP) is 2.81. The molecule has 2 aromatic heterocycles. The maximum absolute atomic E-state index is 4.70. The van der Waals surface area contributed by atoms with Crippen molar-refractivity contribution < 1.29 is 0 Å². The minimum absolute atomic E-state index is 0.504. The average molecular weight is 203 g/mol. The number of hydrogen-bond donors (Lipinski definition) is 0. The number of aromatic nitrogens is 3. The number of rotatable bonds is 3. The Balaban J connectivity index is 2.65. The lowest BCUT2D eigenvalue weighted by atomic mass is 10.1. The third-order valence-corrected chi connectivity index (χ3v) is 2.94. The topological polar surface area (TPSA) is 30.2 Å². The van der Waals surface area contributed by atoms with Gasteiger partial charge in [-0.15, -0.1) is 0 Å². The Morgan fingerprint density at radius 1 is 1.40 bits per heavy atom. The third-order valence-electron chi connectivity index (χ3n) is 2.94. The SMILES string of the molecule is CCc1nc(C(C)CC)c2cnccn12. The zero-order valence-corrected chi connectivity index (χ0v) is 9.57. The Morgan fingerprint density at radius 2 is 2.20 bits per heavy atom. The van der Waals surface area contributed by atoms with Crippen LogP contribution in [0.25, 0.3) is 5.52 Å². The fourth-order valence-electron chi connectivity index (χ4n) is 1.83. The molecule has 0 N–H and O–H groups in total. The summed E-state index contributed by atoms with van der Waals surface area (Å²) in [6, 6.07) is 0. The van der Waals surface area contributed by atoms with Crippen LogP contribution in [0.5, 0.6) is 0 Å². The van der Waals surface area contributed by atoms with Gasteiger partial charge in [-0.05, 0) is 6.42 Å². The van der Waals surface area contributed by atoms with E-state index in [2.05, 4.69) is 30.2 Å². The average Bonchev–Trinajstić information content (AvgIpc) is 2.67. The molecule has 3 nitrogen and oxygen atoms in total. The predicted molar refractivity (Wildman–Crippen MR) is 61.1 cm³/mol. The Morgan fingerprint density at radius 3 is 2.87 bits per heavy atom. The molecular formula is C12H17N3. The van der Waals surface area contributed by atoms with E-state index in [4.69, 9.17) is 4.98 Å². The molecule has 0 fully saturated rings. The molecule has 0 aliphatic heterocycles. The zero-order valence-electron chi connectivity index (χ0n) is 9.57. The molecule has 80 valence electrons. The van der Waals surface area contributed by atoms with Gasteiger partial charge in [-0.2, -0.15) is 0 Å². The number of nitrogens with zero attached hydrogens (tertiary/aromatic N) is 3. The highest BCUT2D eigenvalue weighted by atomic mass is 15.0. The lowest BCUT2D eigenvalue weighted by molar-refractivity contribution is 0.715. The summed E-state index contributed by atoms with van der Waals surface area (Å²) < 4.78 is 2.15. The van der Waals surface area contributed by atoms with E-state index in [0.29, 0.717) is 5.92 Å². The minimum atomic E-state index is 0.504.